The lowest BCUT2D eigenvalue weighted by atomic mass is 10.1. The Balaban J connectivity index is 2.45. The second-order valence-electron chi connectivity index (χ2n) is 4.46. The summed E-state index contributed by atoms with van der Waals surface area (Å²) in [5.41, 5.74) is 2.24. The molecule has 0 saturated carbocycles. The fourth-order valence-electron chi connectivity index (χ4n) is 2.05. The molecule has 0 bridgehead atoms. The number of halogens is 1. The summed E-state index contributed by atoms with van der Waals surface area (Å²) in [7, 11) is 0. The van der Waals surface area contributed by atoms with Gasteiger partial charge in [0, 0.05) is 11.6 Å². The molecule has 2 aromatic rings. The van der Waals surface area contributed by atoms with Gasteiger partial charge in [-0.3, -0.25) is 4.68 Å². The second-order valence-corrected chi connectivity index (χ2v) is 5.32. The summed E-state index contributed by atoms with van der Waals surface area (Å²) in [6.07, 6.45) is 5.32. The molecule has 0 fully saturated rings. The Morgan fingerprint density at radius 1 is 1.50 bits per heavy atom. The maximum Gasteiger partial charge on any atom is 0.0954 e. The Bertz CT molecular complexity index is 490. The average molecular weight is 312 g/mol. The largest absolute Gasteiger partial charge is 0.472 e. The summed E-state index contributed by atoms with van der Waals surface area (Å²) in [4.78, 5) is 0. The smallest absolute Gasteiger partial charge is 0.0954 e. The molecule has 0 spiro atoms. The zero-order valence-electron chi connectivity index (χ0n) is 10.9. The normalized spacial score (nSPS) is 13.2. The first-order chi connectivity index (χ1) is 8.65. The molecule has 0 radical (unpaired) electrons. The van der Waals surface area contributed by atoms with E-state index >= 15 is 0 Å². The molecule has 0 amide bonds. The first kappa shape index (κ1) is 13.4. The Kier molecular flexibility index (Phi) is 4.24. The van der Waals surface area contributed by atoms with Gasteiger partial charge in [-0.15, -0.1) is 0 Å². The third kappa shape index (κ3) is 2.52. The molecular formula is C13H18BrN3O. The standard InChI is InChI=1S/C13H18BrN3O/c1-4-15-12(10-5-6-18-8-10)13-11(14)7-16-17(13)9(2)3/h5-9,12,15H,4H2,1-3H3. The van der Waals surface area contributed by atoms with E-state index in [-0.39, 0.29) is 6.04 Å². The summed E-state index contributed by atoms with van der Waals surface area (Å²) in [5.74, 6) is 0. The fraction of sp³-hybridized carbons (Fsp3) is 0.462. The van der Waals surface area contributed by atoms with Gasteiger partial charge in [0.15, 0.2) is 0 Å². The zero-order valence-corrected chi connectivity index (χ0v) is 12.4. The van der Waals surface area contributed by atoms with Crippen LogP contribution in [0.5, 0.6) is 0 Å². The molecule has 5 heteroatoms. The van der Waals surface area contributed by atoms with Crippen molar-refractivity contribution < 1.29 is 4.42 Å². The lowest BCUT2D eigenvalue weighted by Gasteiger charge is -2.20. The predicted octanol–water partition coefficient (Wildman–Crippen LogP) is 3.52. The minimum absolute atomic E-state index is 0.0908. The number of furan rings is 1. The maximum absolute atomic E-state index is 5.20. The van der Waals surface area contributed by atoms with E-state index in [1.165, 1.54) is 0 Å². The minimum atomic E-state index is 0.0908. The van der Waals surface area contributed by atoms with E-state index in [1.54, 1.807) is 12.5 Å². The highest BCUT2D eigenvalue weighted by Crippen LogP contribution is 2.30. The monoisotopic (exact) mass is 311 g/mol. The van der Waals surface area contributed by atoms with Gasteiger partial charge in [0.25, 0.3) is 0 Å². The van der Waals surface area contributed by atoms with E-state index in [9.17, 15) is 0 Å². The molecule has 1 N–H and O–H groups in total. The van der Waals surface area contributed by atoms with Gasteiger partial charge >= 0.3 is 0 Å². The third-order valence-corrected chi connectivity index (χ3v) is 3.45. The highest BCUT2D eigenvalue weighted by molar-refractivity contribution is 9.10. The molecule has 4 nitrogen and oxygen atoms in total. The predicted molar refractivity (Wildman–Crippen MR) is 74.5 cm³/mol. The van der Waals surface area contributed by atoms with Crippen molar-refractivity contribution in [1.29, 1.82) is 0 Å². The van der Waals surface area contributed by atoms with Gasteiger partial charge in [-0.05, 0) is 42.4 Å². The van der Waals surface area contributed by atoms with E-state index in [4.69, 9.17) is 4.42 Å². The van der Waals surface area contributed by atoms with E-state index in [0.717, 1.165) is 22.3 Å². The Morgan fingerprint density at radius 3 is 2.83 bits per heavy atom. The maximum atomic E-state index is 5.20. The molecule has 1 unspecified atom stereocenters. The number of rotatable bonds is 5. The van der Waals surface area contributed by atoms with Crippen molar-refractivity contribution in [3.05, 3.63) is 40.5 Å². The fourth-order valence-corrected chi connectivity index (χ4v) is 2.55. The Morgan fingerprint density at radius 2 is 2.28 bits per heavy atom. The number of nitrogens with one attached hydrogen (secondary N) is 1. The van der Waals surface area contributed by atoms with Crippen LogP contribution in [0.1, 0.15) is 44.1 Å². The first-order valence-electron chi connectivity index (χ1n) is 6.13. The van der Waals surface area contributed by atoms with Crippen LogP contribution in [0.3, 0.4) is 0 Å². The summed E-state index contributed by atoms with van der Waals surface area (Å²) in [6.45, 7) is 7.23. The molecule has 0 aliphatic carbocycles. The number of hydrogen-bond acceptors (Lipinski definition) is 3. The van der Waals surface area contributed by atoms with Crippen LogP contribution < -0.4 is 5.32 Å². The van der Waals surface area contributed by atoms with Crippen LogP contribution in [0.4, 0.5) is 0 Å². The van der Waals surface area contributed by atoms with Gasteiger partial charge < -0.3 is 9.73 Å². The molecule has 0 aliphatic rings. The number of nitrogens with zero attached hydrogens (tertiary/aromatic N) is 2. The molecule has 0 aliphatic heterocycles. The minimum Gasteiger partial charge on any atom is -0.472 e. The average Bonchev–Trinajstić information content (AvgIpc) is 2.95. The van der Waals surface area contributed by atoms with Crippen molar-refractivity contribution in [1.82, 2.24) is 15.1 Å². The van der Waals surface area contributed by atoms with Gasteiger partial charge in [0.05, 0.1) is 34.9 Å². The molecule has 1 atom stereocenters. The van der Waals surface area contributed by atoms with E-state index in [0.29, 0.717) is 6.04 Å². The molecule has 2 rings (SSSR count). The molecule has 2 aromatic heterocycles. The first-order valence-corrected chi connectivity index (χ1v) is 6.92. The van der Waals surface area contributed by atoms with Crippen molar-refractivity contribution >= 4 is 15.9 Å². The Labute approximate surface area is 115 Å². The topological polar surface area (TPSA) is 43.0 Å². The van der Waals surface area contributed by atoms with Crippen LogP contribution in [0, 0.1) is 0 Å². The molecular weight excluding hydrogens is 294 g/mol. The molecule has 18 heavy (non-hydrogen) atoms. The lowest BCUT2D eigenvalue weighted by Crippen LogP contribution is -2.25. The molecule has 0 saturated heterocycles. The second kappa shape index (κ2) is 5.71. The summed E-state index contributed by atoms with van der Waals surface area (Å²) in [6, 6.07) is 2.39. The summed E-state index contributed by atoms with van der Waals surface area (Å²) in [5, 5.41) is 7.90. The van der Waals surface area contributed by atoms with E-state index in [2.05, 4.69) is 47.1 Å². The Hall–Kier alpha value is -1.07. The molecule has 2 heterocycles. The van der Waals surface area contributed by atoms with Crippen LogP contribution in [-0.4, -0.2) is 16.3 Å². The number of hydrogen-bond donors (Lipinski definition) is 1. The van der Waals surface area contributed by atoms with Crippen LogP contribution in [0.2, 0.25) is 0 Å². The van der Waals surface area contributed by atoms with Gasteiger partial charge in [-0.1, -0.05) is 6.92 Å². The summed E-state index contributed by atoms with van der Waals surface area (Å²) < 4.78 is 8.24. The van der Waals surface area contributed by atoms with Gasteiger partial charge in [-0.2, -0.15) is 5.10 Å². The van der Waals surface area contributed by atoms with Crippen LogP contribution >= 0.6 is 15.9 Å². The van der Waals surface area contributed by atoms with Crippen molar-refractivity contribution in [2.75, 3.05) is 6.54 Å². The highest BCUT2D eigenvalue weighted by Gasteiger charge is 2.23. The van der Waals surface area contributed by atoms with Crippen molar-refractivity contribution in [2.24, 2.45) is 0 Å². The van der Waals surface area contributed by atoms with Crippen LogP contribution in [-0.2, 0) is 0 Å². The third-order valence-electron chi connectivity index (χ3n) is 2.83. The SMILES string of the molecule is CCNC(c1ccoc1)c1c(Br)cnn1C(C)C. The van der Waals surface area contributed by atoms with Crippen molar-refractivity contribution in [3.8, 4) is 0 Å². The van der Waals surface area contributed by atoms with Crippen LogP contribution in [0.15, 0.2) is 33.7 Å². The van der Waals surface area contributed by atoms with Crippen molar-refractivity contribution in [3.63, 3.8) is 0 Å². The van der Waals surface area contributed by atoms with E-state index < -0.39 is 0 Å². The van der Waals surface area contributed by atoms with E-state index in [1.807, 2.05) is 16.9 Å². The highest BCUT2D eigenvalue weighted by atomic mass is 79.9. The van der Waals surface area contributed by atoms with Crippen LogP contribution in [0.25, 0.3) is 0 Å². The zero-order chi connectivity index (χ0) is 13.1. The molecule has 0 aromatic carbocycles. The van der Waals surface area contributed by atoms with Crippen molar-refractivity contribution in [2.45, 2.75) is 32.9 Å². The van der Waals surface area contributed by atoms with Gasteiger partial charge in [-0.25, -0.2) is 0 Å². The van der Waals surface area contributed by atoms with Gasteiger partial charge in [0.1, 0.15) is 0 Å². The van der Waals surface area contributed by atoms with Gasteiger partial charge in [0.2, 0.25) is 0 Å². The lowest BCUT2D eigenvalue weighted by molar-refractivity contribution is 0.472. The summed E-state index contributed by atoms with van der Waals surface area (Å²) >= 11 is 3.59. The molecule has 98 valence electrons. The number of aromatic nitrogens is 2. The quantitative estimate of drug-likeness (QED) is 0.918.